The molecule has 1 heterocycles. The Hall–Kier alpha value is -1.81. The van der Waals surface area contributed by atoms with E-state index in [0.717, 1.165) is 36.4 Å². The van der Waals surface area contributed by atoms with Crippen LogP contribution in [0.3, 0.4) is 0 Å². The number of benzene rings is 1. The molecule has 0 aliphatic carbocycles. The Morgan fingerprint density at radius 3 is 2.62 bits per heavy atom. The highest BCUT2D eigenvalue weighted by Gasteiger charge is 2.22. The van der Waals surface area contributed by atoms with Gasteiger partial charge in [-0.05, 0) is 37.5 Å². The fourth-order valence-electron chi connectivity index (χ4n) is 2.46. The third-order valence-corrected chi connectivity index (χ3v) is 4.22. The zero-order valence-electron chi connectivity index (χ0n) is 13.3. The molecular formula is C17H24N2O2. The highest BCUT2D eigenvalue weighted by molar-refractivity contribution is 5.94. The largest absolute Gasteiger partial charge is 0.496 e. The number of carbonyl (C=O) groups excluding carboxylic acids is 1. The third-order valence-electron chi connectivity index (χ3n) is 4.22. The van der Waals surface area contributed by atoms with Gasteiger partial charge in [-0.1, -0.05) is 18.2 Å². The number of carbonyl (C=O) groups is 1. The number of ether oxygens (including phenoxy) is 1. The number of likely N-dealkylation sites (N-methyl/N-ethyl adjacent to an activating group) is 1. The summed E-state index contributed by atoms with van der Waals surface area (Å²) in [5, 5.41) is 3.17. The quantitative estimate of drug-likeness (QED) is 0.843. The molecule has 1 unspecified atom stereocenters. The van der Waals surface area contributed by atoms with Crippen LogP contribution in [-0.4, -0.2) is 44.1 Å². The molecule has 0 aromatic heterocycles. The lowest BCUT2D eigenvalue weighted by Gasteiger charge is -2.29. The normalized spacial score (nSPS) is 15.1. The predicted molar refractivity (Wildman–Crippen MR) is 84.5 cm³/mol. The van der Waals surface area contributed by atoms with Crippen molar-refractivity contribution in [2.45, 2.75) is 26.3 Å². The van der Waals surface area contributed by atoms with Crippen LogP contribution >= 0.6 is 0 Å². The van der Waals surface area contributed by atoms with Gasteiger partial charge in [0.2, 0.25) is 5.91 Å². The highest BCUT2D eigenvalue weighted by Crippen LogP contribution is 2.21. The number of hydrogen-bond donors (Lipinski definition) is 1. The summed E-state index contributed by atoms with van der Waals surface area (Å²) in [5.41, 5.74) is 3.22. The molecule has 0 radical (unpaired) electrons. The van der Waals surface area contributed by atoms with Crippen LogP contribution in [0.1, 0.15) is 19.4 Å². The standard InChI is InChI=1S/C17H24N2O2/c1-12(9-14-7-5-6-8-16(14)21-4)19(3)17(20)13(2)15-10-18-11-15/h5-8,12,18H,9-11H2,1-4H3. The van der Waals surface area contributed by atoms with Crippen LogP contribution in [0.25, 0.3) is 0 Å². The second kappa shape index (κ2) is 6.76. The number of hydrogen-bond acceptors (Lipinski definition) is 3. The molecule has 0 bridgehead atoms. The van der Waals surface area contributed by atoms with Gasteiger partial charge in [-0.3, -0.25) is 4.79 Å². The summed E-state index contributed by atoms with van der Waals surface area (Å²) in [6, 6.07) is 8.09. The third kappa shape index (κ3) is 3.45. The molecule has 1 aromatic carbocycles. The average molecular weight is 288 g/mol. The molecule has 1 fully saturated rings. The van der Waals surface area contributed by atoms with E-state index in [4.69, 9.17) is 4.74 Å². The van der Waals surface area contributed by atoms with E-state index in [1.807, 2.05) is 37.1 Å². The van der Waals surface area contributed by atoms with Crippen molar-refractivity contribution in [3.63, 3.8) is 0 Å². The molecule has 0 saturated carbocycles. The van der Waals surface area contributed by atoms with Crippen molar-refractivity contribution in [3.8, 4) is 5.75 Å². The summed E-state index contributed by atoms with van der Waals surface area (Å²) >= 11 is 0. The number of nitrogens with one attached hydrogen (secondary N) is 1. The Morgan fingerprint density at radius 2 is 2.05 bits per heavy atom. The molecule has 4 nitrogen and oxygen atoms in total. The van der Waals surface area contributed by atoms with Crippen LogP contribution in [0.5, 0.6) is 5.75 Å². The van der Waals surface area contributed by atoms with Crippen molar-refractivity contribution in [2.24, 2.45) is 0 Å². The molecule has 114 valence electrons. The SMILES string of the molecule is COc1ccccc1CC(C)N(C)C(=O)C(C)=C1CNC1. The zero-order valence-corrected chi connectivity index (χ0v) is 13.3. The van der Waals surface area contributed by atoms with E-state index in [0.29, 0.717) is 0 Å². The summed E-state index contributed by atoms with van der Waals surface area (Å²) in [4.78, 5) is 14.3. The smallest absolute Gasteiger partial charge is 0.249 e. The lowest BCUT2D eigenvalue weighted by atomic mass is 10.0. The monoisotopic (exact) mass is 288 g/mol. The maximum Gasteiger partial charge on any atom is 0.249 e. The highest BCUT2D eigenvalue weighted by atomic mass is 16.5. The first-order valence-corrected chi connectivity index (χ1v) is 7.33. The molecule has 0 spiro atoms. The molecule has 1 atom stereocenters. The average Bonchev–Trinajstić information content (AvgIpc) is 2.44. The van der Waals surface area contributed by atoms with E-state index in [2.05, 4.69) is 18.3 Å². The van der Waals surface area contributed by atoms with Crippen molar-refractivity contribution in [3.05, 3.63) is 41.0 Å². The second-order valence-corrected chi connectivity index (χ2v) is 5.61. The molecule has 2 rings (SSSR count). The minimum absolute atomic E-state index is 0.119. The van der Waals surface area contributed by atoms with Gasteiger partial charge in [0.15, 0.2) is 0 Å². The van der Waals surface area contributed by atoms with Crippen molar-refractivity contribution >= 4 is 5.91 Å². The van der Waals surface area contributed by atoms with E-state index in [9.17, 15) is 4.79 Å². The first-order valence-electron chi connectivity index (χ1n) is 7.33. The first kappa shape index (κ1) is 15.6. The summed E-state index contributed by atoms with van der Waals surface area (Å²) in [5.74, 6) is 0.998. The topological polar surface area (TPSA) is 41.6 Å². The number of nitrogens with zero attached hydrogens (tertiary/aromatic N) is 1. The van der Waals surface area contributed by atoms with Gasteiger partial charge >= 0.3 is 0 Å². The molecule has 21 heavy (non-hydrogen) atoms. The number of rotatable bonds is 5. The number of amides is 1. The van der Waals surface area contributed by atoms with E-state index in [-0.39, 0.29) is 11.9 Å². The molecule has 4 heteroatoms. The minimum Gasteiger partial charge on any atom is -0.496 e. The minimum atomic E-state index is 0.119. The summed E-state index contributed by atoms with van der Waals surface area (Å²) in [6.45, 7) is 5.67. The Labute approximate surface area is 126 Å². The Kier molecular flexibility index (Phi) is 5.02. The molecule has 1 saturated heterocycles. The first-order chi connectivity index (χ1) is 10.0. The van der Waals surface area contributed by atoms with Crippen molar-refractivity contribution in [1.29, 1.82) is 0 Å². The fourth-order valence-corrected chi connectivity index (χ4v) is 2.46. The van der Waals surface area contributed by atoms with E-state index in [1.165, 1.54) is 5.57 Å². The van der Waals surface area contributed by atoms with Crippen LogP contribution in [0.2, 0.25) is 0 Å². The lowest BCUT2D eigenvalue weighted by molar-refractivity contribution is -0.127. The molecule has 1 N–H and O–H groups in total. The van der Waals surface area contributed by atoms with E-state index < -0.39 is 0 Å². The van der Waals surface area contributed by atoms with Gasteiger partial charge in [0, 0.05) is 31.8 Å². The Bertz CT molecular complexity index is 545. The van der Waals surface area contributed by atoms with Crippen molar-refractivity contribution in [1.82, 2.24) is 10.2 Å². The van der Waals surface area contributed by atoms with Gasteiger partial charge in [-0.15, -0.1) is 0 Å². The summed E-state index contributed by atoms with van der Waals surface area (Å²) < 4.78 is 5.38. The van der Waals surface area contributed by atoms with Gasteiger partial charge in [0.05, 0.1) is 7.11 Å². The fraction of sp³-hybridized carbons (Fsp3) is 0.471. The van der Waals surface area contributed by atoms with E-state index in [1.54, 1.807) is 7.11 Å². The van der Waals surface area contributed by atoms with Crippen molar-refractivity contribution in [2.75, 3.05) is 27.2 Å². The maximum absolute atomic E-state index is 12.5. The molecule has 1 aromatic rings. The maximum atomic E-state index is 12.5. The van der Waals surface area contributed by atoms with Crippen LogP contribution in [0.15, 0.2) is 35.4 Å². The molecule has 1 aliphatic heterocycles. The summed E-state index contributed by atoms with van der Waals surface area (Å²) in [7, 11) is 3.55. The number of methoxy groups -OCH3 is 1. The van der Waals surface area contributed by atoms with Crippen LogP contribution < -0.4 is 10.1 Å². The van der Waals surface area contributed by atoms with E-state index >= 15 is 0 Å². The zero-order chi connectivity index (χ0) is 15.4. The van der Waals surface area contributed by atoms with Gasteiger partial charge in [-0.2, -0.15) is 0 Å². The molecule has 1 amide bonds. The summed E-state index contributed by atoms with van der Waals surface area (Å²) in [6.07, 6.45) is 0.785. The molecular weight excluding hydrogens is 264 g/mol. The van der Waals surface area contributed by atoms with Gasteiger partial charge in [0.1, 0.15) is 5.75 Å². The Balaban J connectivity index is 2.05. The number of para-hydroxylation sites is 1. The predicted octanol–water partition coefficient (Wildman–Crippen LogP) is 2.00. The van der Waals surface area contributed by atoms with Crippen LogP contribution in [-0.2, 0) is 11.2 Å². The lowest BCUT2D eigenvalue weighted by Crippen LogP contribution is -2.41. The van der Waals surface area contributed by atoms with Gasteiger partial charge < -0.3 is 15.0 Å². The second-order valence-electron chi connectivity index (χ2n) is 5.61. The van der Waals surface area contributed by atoms with Gasteiger partial charge in [0.25, 0.3) is 0 Å². The Morgan fingerprint density at radius 1 is 1.38 bits per heavy atom. The van der Waals surface area contributed by atoms with Crippen LogP contribution in [0.4, 0.5) is 0 Å². The van der Waals surface area contributed by atoms with Gasteiger partial charge in [-0.25, -0.2) is 0 Å². The van der Waals surface area contributed by atoms with Crippen molar-refractivity contribution < 1.29 is 9.53 Å². The van der Waals surface area contributed by atoms with Crippen LogP contribution in [0, 0.1) is 0 Å². The molecule has 1 aliphatic rings.